The molecular weight excluding hydrogens is 332 g/mol. The molecule has 0 aromatic heterocycles. The Labute approximate surface area is 152 Å². The predicted octanol–water partition coefficient (Wildman–Crippen LogP) is 2.91. The highest BCUT2D eigenvalue weighted by atomic mass is 16.5. The van der Waals surface area contributed by atoms with Gasteiger partial charge in [-0.15, -0.1) is 0 Å². The van der Waals surface area contributed by atoms with E-state index in [0.29, 0.717) is 28.8 Å². The number of aryl methyl sites for hydroxylation is 1. The first kappa shape index (κ1) is 17.8. The Morgan fingerprint density at radius 1 is 1.08 bits per heavy atom. The first-order chi connectivity index (χ1) is 12.5. The quantitative estimate of drug-likeness (QED) is 0.801. The molecule has 2 N–H and O–H groups in total. The van der Waals surface area contributed by atoms with E-state index in [9.17, 15) is 9.59 Å². The first-order valence-corrected chi connectivity index (χ1v) is 8.53. The van der Waals surface area contributed by atoms with Crippen LogP contribution in [-0.2, 0) is 4.79 Å². The van der Waals surface area contributed by atoms with Crippen LogP contribution in [0.4, 0.5) is 5.69 Å². The van der Waals surface area contributed by atoms with Crippen LogP contribution in [0.2, 0.25) is 0 Å². The third-order valence-electron chi connectivity index (χ3n) is 4.02. The summed E-state index contributed by atoms with van der Waals surface area (Å²) in [4.78, 5) is 24.0. The zero-order valence-corrected chi connectivity index (χ0v) is 14.9. The van der Waals surface area contributed by atoms with Gasteiger partial charge in [-0.1, -0.05) is 6.07 Å². The molecule has 2 amide bonds. The van der Waals surface area contributed by atoms with E-state index in [-0.39, 0.29) is 18.4 Å². The molecule has 0 bridgehead atoms. The van der Waals surface area contributed by atoms with E-state index in [1.807, 2.05) is 19.1 Å². The molecule has 2 aromatic rings. The van der Waals surface area contributed by atoms with Gasteiger partial charge in [0.1, 0.15) is 0 Å². The summed E-state index contributed by atoms with van der Waals surface area (Å²) in [6.07, 6.45) is 2.09. The van der Waals surface area contributed by atoms with Crippen LogP contribution in [-0.4, -0.2) is 31.6 Å². The second kappa shape index (κ2) is 7.91. The number of methoxy groups -OCH3 is 1. The van der Waals surface area contributed by atoms with Gasteiger partial charge in [0, 0.05) is 17.3 Å². The summed E-state index contributed by atoms with van der Waals surface area (Å²) >= 11 is 0. The molecule has 0 saturated heterocycles. The smallest absolute Gasteiger partial charge is 0.262 e. The Balaban J connectivity index is 1.52. The van der Waals surface area contributed by atoms with E-state index in [4.69, 9.17) is 9.47 Å². The lowest BCUT2D eigenvalue weighted by molar-refractivity contribution is -0.118. The highest BCUT2D eigenvalue weighted by molar-refractivity contribution is 5.96. The Hall–Kier alpha value is -3.02. The van der Waals surface area contributed by atoms with Gasteiger partial charge >= 0.3 is 0 Å². The molecule has 3 rings (SSSR count). The Morgan fingerprint density at radius 2 is 1.81 bits per heavy atom. The summed E-state index contributed by atoms with van der Waals surface area (Å²) in [5, 5.41) is 5.67. The SMILES string of the molecule is COc1cc(C)ccc1OCC(=O)Nc1ccc(C(=O)NC2CC2)cc1. The molecule has 1 saturated carbocycles. The fourth-order valence-corrected chi connectivity index (χ4v) is 2.44. The molecule has 1 aliphatic carbocycles. The number of benzene rings is 2. The van der Waals surface area contributed by atoms with Gasteiger partial charge in [-0.2, -0.15) is 0 Å². The summed E-state index contributed by atoms with van der Waals surface area (Å²) in [6, 6.07) is 12.6. The van der Waals surface area contributed by atoms with Crippen molar-refractivity contribution in [2.75, 3.05) is 19.0 Å². The van der Waals surface area contributed by atoms with E-state index in [0.717, 1.165) is 18.4 Å². The molecule has 0 unspecified atom stereocenters. The zero-order valence-electron chi connectivity index (χ0n) is 14.9. The second-order valence-electron chi connectivity index (χ2n) is 6.32. The van der Waals surface area contributed by atoms with Crippen molar-refractivity contribution >= 4 is 17.5 Å². The average molecular weight is 354 g/mol. The fraction of sp³-hybridized carbons (Fsp3) is 0.300. The van der Waals surface area contributed by atoms with Crippen LogP contribution in [0, 0.1) is 6.92 Å². The molecule has 0 spiro atoms. The highest BCUT2D eigenvalue weighted by Gasteiger charge is 2.23. The third kappa shape index (κ3) is 4.75. The fourth-order valence-electron chi connectivity index (χ4n) is 2.44. The molecule has 26 heavy (non-hydrogen) atoms. The van der Waals surface area contributed by atoms with Crippen LogP contribution in [0.3, 0.4) is 0 Å². The largest absolute Gasteiger partial charge is 0.493 e. The maximum absolute atomic E-state index is 12.1. The van der Waals surface area contributed by atoms with Gasteiger partial charge in [-0.3, -0.25) is 9.59 Å². The molecular formula is C20H22N2O4. The van der Waals surface area contributed by atoms with Gasteiger partial charge in [-0.05, 0) is 61.7 Å². The number of hydrogen-bond donors (Lipinski definition) is 2. The molecule has 2 aromatic carbocycles. The summed E-state index contributed by atoms with van der Waals surface area (Å²) < 4.78 is 10.8. The molecule has 0 radical (unpaired) electrons. The standard InChI is InChI=1S/C20H22N2O4/c1-13-3-10-17(18(11-13)25-2)26-12-19(23)21-15-6-4-14(5-7-15)20(24)22-16-8-9-16/h3-7,10-11,16H,8-9,12H2,1-2H3,(H,21,23)(H,22,24). The van der Waals surface area contributed by atoms with Crippen molar-refractivity contribution in [2.24, 2.45) is 0 Å². The molecule has 136 valence electrons. The number of amides is 2. The Morgan fingerprint density at radius 3 is 2.46 bits per heavy atom. The van der Waals surface area contributed by atoms with E-state index < -0.39 is 0 Å². The lowest BCUT2D eigenvalue weighted by atomic mass is 10.2. The van der Waals surface area contributed by atoms with Crippen molar-refractivity contribution in [3.8, 4) is 11.5 Å². The van der Waals surface area contributed by atoms with Crippen molar-refractivity contribution in [3.05, 3.63) is 53.6 Å². The van der Waals surface area contributed by atoms with Crippen LogP contribution >= 0.6 is 0 Å². The minimum atomic E-state index is -0.289. The van der Waals surface area contributed by atoms with Crippen LogP contribution in [0.25, 0.3) is 0 Å². The van der Waals surface area contributed by atoms with Gasteiger partial charge in [0.05, 0.1) is 7.11 Å². The average Bonchev–Trinajstić information content (AvgIpc) is 3.45. The molecule has 6 heteroatoms. The van der Waals surface area contributed by atoms with E-state index in [2.05, 4.69) is 10.6 Å². The van der Waals surface area contributed by atoms with Gasteiger partial charge in [0.15, 0.2) is 18.1 Å². The Kier molecular flexibility index (Phi) is 5.41. The normalized spacial score (nSPS) is 13.0. The number of nitrogens with one attached hydrogen (secondary N) is 2. The van der Waals surface area contributed by atoms with Crippen LogP contribution < -0.4 is 20.1 Å². The monoisotopic (exact) mass is 354 g/mol. The Bertz CT molecular complexity index is 798. The number of carbonyl (C=O) groups is 2. The van der Waals surface area contributed by atoms with Gasteiger partial charge < -0.3 is 20.1 Å². The minimum Gasteiger partial charge on any atom is -0.493 e. The summed E-state index contributed by atoms with van der Waals surface area (Å²) in [5.41, 5.74) is 2.23. The van der Waals surface area contributed by atoms with Gasteiger partial charge in [0.25, 0.3) is 11.8 Å². The zero-order chi connectivity index (χ0) is 18.5. The van der Waals surface area contributed by atoms with Gasteiger partial charge in [0.2, 0.25) is 0 Å². The topological polar surface area (TPSA) is 76.7 Å². The number of anilines is 1. The van der Waals surface area contributed by atoms with Crippen molar-refractivity contribution in [3.63, 3.8) is 0 Å². The third-order valence-corrected chi connectivity index (χ3v) is 4.02. The van der Waals surface area contributed by atoms with Crippen molar-refractivity contribution in [2.45, 2.75) is 25.8 Å². The van der Waals surface area contributed by atoms with Crippen LogP contribution in [0.15, 0.2) is 42.5 Å². The van der Waals surface area contributed by atoms with Crippen molar-refractivity contribution in [1.29, 1.82) is 0 Å². The van der Waals surface area contributed by atoms with Crippen LogP contribution in [0.5, 0.6) is 11.5 Å². The first-order valence-electron chi connectivity index (χ1n) is 8.53. The van der Waals surface area contributed by atoms with Crippen LogP contribution in [0.1, 0.15) is 28.8 Å². The molecule has 0 atom stereocenters. The molecule has 1 fully saturated rings. The van der Waals surface area contributed by atoms with Crippen molar-refractivity contribution < 1.29 is 19.1 Å². The molecule has 1 aliphatic rings. The van der Waals surface area contributed by atoms with E-state index >= 15 is 0 Å². The van der Waals surface area contributed by atoms with Crippen molar-refractivity contribution in [1.82, 2.24) is 5.32 Å². The van der Waals surface area contributed by atoms with E-state index in [1.54, 1.807) is 37.4 Å². The van der Waals surface area contributed by atoms with Gasteiger partial charge in [-0.25, -0.2) is 0 Å². The maximum atomic E-state index is 12.1. The summed E-state index contributed by atoms with van der Waals surface area (Å²) in [7, 11) is 1.56. The molecule has 6 nitrogen and oxygen atoms in total. The lowest BCUT2D eigenvalue weighted by Gasteiger charge is -2.11. The summed E-state index contributed by atoms with van der Waals surface area (Å²) in [6.45, 7) is 1.82. The lowest BCUT2D eigenvalue weighted by Crippen LogP contribution is -2.25. The second-order valence-corrected chi connectivity index (χ2v) is 6.32. The number of rotatable bonds is 7. The molecule has 0 aliphatic heterocycles. The number of hydrogen-bond acceptors (Lipinski definition) is 4. The minimum absolute atomic E-state index is 0.0832. The predicted molar refractivity (Wildman–Crippen MR) is 98.8 cm³/mol. The van der Waals surface area contributed by atoms with E-state index in [1.165, 1.54) is 0 Å². The number of ether oxygens (including phenoxy) is 2. The number of carbonyl (C=O) groups excluding carboxylic acids is 2. The summed E-state index contributed by atoms with van der Waals surface area (Å²) in [5.74, 6) is 0.729. The molecule has 0 heterocycles. The maximum Gasteiger partial charge on any atom is 0.262 e. The highest BCUT2D eigenvalue weighted by Crippen LogP contribution is 2.27.